The molecule has 0 aliphatic heterocycles. The Morgan fingerprint density at radius 2 is 0.983 bits per heavy atom. The van der Waals surface area contributed by atoms with Crippen LogP contribution in [0, 0.1) is 17.9 Å². The van der Waals surface area contributed by atoms with Gasteiger partial charge in [0.05, 0.1) is 57.3 Å². The Bertz CT molecular complexity index is 3620. The number of hydrogen-bond donors (Lipinski definition) is 0. The quantitative estimate of drug-likeness (QED) is 0.133. The van der Waals surface area contributed by atoms with Gasteiger partial charge in [-0.2, -0.15) is 5.26 Å². The van der Waals surface area contributed by atoms with Crippen LogP contribution >= 0.6 is 0 Å². The van der Waals surface area contributed by atoms with Crippen LogP contribution < -0.4 is 0 Å². The van der Waals surface area contributed by atoms with Crippen LogP contribution in [0.2, 0.25) is 0 Å². The minimum Gasteiger partial charge on any atom is -0.317 e. The summed E-state index contributed by atoms with van der Waals surface area (Å²) < 4.78 is 4.54. The molecule has 0 saturated carbocycles. The lowest BCUT2D eigenvalue weighted by Gasteiger charge is -2.25. The Labute approximate surface area is 342 Å². The Hall–Kier alpha value is -8.58. The summed E-state index contributed by atoms with van der Waals surface area (Å²) in [5.74, 6) is 0. The van der Waals surface area contributed by atoms with E-state index in [9.17, 15) is 5.26 Å². The molecule has 0 amide bonds. The van der Waals surface area contributed by atoms with Gasteiger partial charge in [0, 0.05) is 61.2 Å². The van der Waals surface area contributed by atoms with Gasteiger partial charge in [-0.1, -0.05) is 127 Å². The number of hydrogen-bond acceptors (Lipinski definition) is 3. The van der Waals surface area contributed by atoms with Crippen LogP contribution in [0.3, 0.4) is 0 Å². The highest BCUT2D eigenvalue weighted by Crippen LogP contribution is 2.54. The molecule has 274 valence electrons. The lowest BCUT2D eigenvalue weighted by atomic mass is 9.88. The second kappa shape index (κ2) is 12.0. The highest BCUT2D eigenvalue weighted by Gasteiger charge is 2.33. The van der Waals surface area contributed by atoms with E-state index in [2.05, 4.69) is 117 Å². The minimum atomic E-state index is 0.398. The number of fused-ring (bicyclic) bond motifs is 6. The Balaban J connectivity index is 1.33. The van der Waals surface area contributed by atoms with Gasteiger partial charge in [-0.15, -0.1) is 0 Å². The van der Waals surface area contributed by atoms with Crippen molar-refractivity contribution in [2.24, 2.45) is 0 Å². The first-order valence-electron chi connectivity index (χ1n) is 19.9. The molecule has 6 nitrogen and oxygen atoms in total. The zero-order chi connectivity index (χ0) is 39.6. The minimum absolute atomic E-state index is 0.398. The van der Waals surface area contributed by atoms with Crippen LogP contribution in [0.25, 0.3) is 125 Å². The molecule has 0 saturated heterocycles. The van der Waals surface area contributed by atoms with Crippen molar-refractivity contribution in [3.63, 3.8) is 0 Å². The van der Waals surface area contributed by atoms with Gasteiger partial charge in [-0.05, 0) is 56.9 Å². The van der Waals surface area contributed by atoms with E-state index in [1.165, 1.54) is 0 Å². The van der Waals surface area contributed by atoms with Gasteiger partial charge < -0.3 is 9.13 Å². The molecule has 13 aromatic rings. The van der Waals surface area contributed by atoms with Crippen molar-refractivity contribution >= 4 is 92.5 Å². The maximum atomic E-state index is 11.7. The van der Waals surface area contributed by atoms with E-state index in [0.717, 1.165) is 104 Å². The molecule has 0 fully saturated rings. The average Bonchev–Trinajstić information content (AvgIpc) is 3.84. The summed E-state index contributed by atoms with van der Waals surface area (Å²) in [4.78, 5) is 14.3. The van der Waals surface area contributed by atoms with Crippen LogP contribution in [0.5, 0.6) is 0 Å². The fourth-order valence-electron chi connectivity index (χ4n) is 10.4. The number of aromatic nitrogens is 4. The van der Waals surface area contributed by atoms with Gasteiger partial charge in [-0.3, -0.25) is 9.97 Å². The first kappa shape index (κ1) is 32.5. The van der Waals surface area contributed by atoms with E-state index >= 15 is 0 Å². The fraction of sp³-hybridized carbons (Fsp3) is 0. The van der Waals surface area contributed by atoms with Crippen molar-refractivity contribution in [2.75, 3.05) is 0 Å². The molecule has 9 aromatic carbocycles. The van der Waals surface area contributed by atoms with Crippen LogP contribution in [-0.2, 0) is 0 Å². The maximum absolute atomic E-state index is 11.7. The summed E-state index contributed by atoms with van der Waals surface area (Å²) in [5, 5.41) is 23.8. The van der Waals surface area contributed by atoms with Crippen molar-refractivity contribution in [1.82, 2.24) is 19.1 Å². The molecule has 4 heterocycles. The highest BCUT2D eigenvalue weighted by molar-refractivity contribution is 6.35. The molecule has 0 aliphatic rings. The number of nitriles is 1. The van der Waals surface area contributed by atoms with Crippen LogP contribution in [0.15, 0.2) is 170 Å². The predicted molar refractivity (Wildman–Crippen MR) is 245 cm³/mol. The fourth-order valence-corrected chi connectivity index (χ4v) is 10.4. The molecule has 0 aliphatic carbocycles. The molecule has 0 spiro atoms. The van der Waals surface area contributed by atoms with Gasteiger partial charge in [0.1, 0.15) is 6.07 Å². The Morgan fingerprint density at radius 1 is 0.467 bits per heavy atom. The van der Waals surface area contributed by atoms with Crippen molar-refractivity contribution in [3.8, 4) is 39.7 Å². The number of pyridine rings is 2. The average molecular weight is 761 g/mol. The van der Waals surface area contributed by atoms with Crippen molar-refractivity contribution in [2.45, 2.75) is 0 Å². The van der Waals surface area contributed by atoms with Crippen LogP contribution in [0.4, 0.5) is 5.69 Å². The van der Waals surface area contributed by atoms with E-state index in [1.54, 1.807) is 0 Å². The zero-order valence-corrected chi connectivity index (χ0v) is 31.8. The van der Waals surface area contributed by atoms with Crippen LogP contribution in [-0.4, -0.2) is 19.1 Å². The number of benzene rings is 9. The van der Waals surface area contributed by atoms with Crippen molar-refractivity contribution < 1.29 is 0 Å². The van der Waals surface area contributed by atoms with Gasteiger partial charge in [0.2, 0.25) is 5.69 Å². The molecule has 0 atom stereocenters. The van der Waals surface area contributed by atoms with Gasteiger partial charge >= 0.3 is 0 Å². The lowest BCUT2D eigenvalue weighted by Crippen LogP contribution is -2.08. The molecule has 0 unspecified atom stereocenters. The summed E-state index contributed by atoms with van der Waals surface area (Å²) in [6, 6.07) is 54.9. The summed E-state index contributed by atoms with van der Waals surface area (Å²) in [6.07, 6.45) is 5.76. The second-order valence-electron chi connectivity index (χ2n) is 15.4. The van der Waals surface area contributed by atoms with Crippen LogP contribution in [0.1, 0.15) is 5.56 Å². The molecule has 0 radical (unpaired) electrons. The third-order valence-electron chi connectivity index (χ3n) is 12.6. The van der Waals surface area contributed by atoms with E-state index < -0.39 is 0 Å². The first-order valence-corrected chi connectivity index (χ1v) is 19.9. The third kappa shape index (κ3) is 4.04. The Morgan fingerprint density at radius 3 is 1.63 bits per heavy atom. The highest BCUT2D eigenvalue weighted by atomic mass is 15.0. The molecule has 4 aromatic heterocycles. The molecule has 0 N–H and O–H groups in total. The third-order valence-corrected chi connectivity index (χ3v) is 12.6. The smallest absolute Gasteiger partial charge is 0.220 e. The largest absolute Gasteiger partial charge is 0.317 e. The molecule has 13 rings (SSSR count). The SMILES string of the molecule is [C-]#[N+]c1c(-c2ccccc2)c(C#N)c(-n2c3cccc4c5cccnc5c5cccc2c5c43)c(-c2ccccc2)c1-n1c2cccc3c4ccccc4c4cncc1c4c32. The Kier molecular flexibility index (Phi) is 6.48. The lowest BCUT2D eigenvalue weighted by molar-refractivity contribution is 1.13. The summed E-state index contributed by atoms with van der Waals surface area (Å²) >= 11 is 0. The normalized spacial score (nSPS) is 12.0. The molecule has 0 bridgehead atoms. The maximum Gasteiger partial charge on any atom is 0.220 e. The standard InChI is InChI=1S/C54H28N6/c1-56-52-45(31-14-4-2-5-15-31)39(28-55)53(59-41-24-11-21-36-37-23-13-27-58-51(37)38-22-12-26-43(59)49(38)48(36)41)46(32-16-6-3-7-17-32)54(52)60-42-25-10-20-35-33-18-8-9-19-34(33)40-29-57-30-44(60)50(40)47(35)42/h2-27,29-30H. The number of nitrogens with zero attached hydrogens (tertiary/aromatic N) is 6. The molecular weight excluding hydrogens is 733 g/mol. The van der Waals surface area contributed by atoms with E-state index in [0.29, 0.717) is 28.2 Å². The summed E-state index contributed by atoms with van der Waals surface area (Å²) in [6.45, 7) is 9.15. The van der Waals surface area contributed by atoms with E-state index in [1.807, 2.05) is 73.2 Å². The predicted octanol–water partition coefficient (Wildman–Crippen LogP) is 13.9. The molecular formula is C54H28N6. The summed E-state index contributed by atoms with van der Waals surface area (Å²) in [5.41, 5.74) is 10.0. The van der Waals surface area contributed by atoms with E-state index in [-0.39, 0.29) is 0 Å². The molecule has 6 heteroatoms. The zero-order valence-electron chi connectivity index (χ0n) is 31.8. The number of rotatable bonds is 4. The van der Waals surface area contributed by atoms with Gasteiger partial charge in [0.15, 0.2) is 0 Å². The second-order valence-corrected chi connectivity index (χ2v) is 15.4. The van der Waals surface area contributed by atoms with Crippen molar-refractivity contribution in [3.05, 3.63) is 187 Å². The summed E-state index contributed by atoms with van der Waals surface area (Å²) in [7, 11) is 0. The molecule has 60 heavy (non-hydrogen) atoms. The van der Waals surface area contributed by atoms with Gasteiger partial charge in [-0.25, -0.2) is 4.85 Å². The first-order chi connectivity index (χ1) is 29.8. The van der Waals surface area contributed by atoms with Gasteiger partial charge in [0.25, 0.3) is 0 Å². The van der Waals surface area contributed by atoms with Crippen molar-refractivity contribution in [1.29, 1.82) is 5.26 Å². The van der Waals surface area contributed by atoms with E-state index in [4.69, 9.17) is 16.5 Å². The monoisotopic (exact) mass is 760 g/mol. The topological polar surface area (TPSA) is 63.8 Å².